The number of ketones is 1. The normalized spacial score (nSPS) is 10.4. The van der Waals surface area contributed by atoms with Crippen LogP contribution in [0.2, 0.25) is 0 Å². The summed E-state index contributed by atoms with van der Waals surface area (Å²) in [5.41, 5.74) is 7.08. The van der Waals surface area contributed by atoms with Crippen LogP contribution in [0.1, 0.15) is 27.0 Å². The standard InChI is InChI=1S/C16H14FNO3/c1-9-2-4-10(5-3-9)16(21)13-8-12(17)6-11(15(13)18)7-14(19)20/h2-6,8H,7,18H2,1H3,(H,19,20)/p-1. The van der Waals surface area contributed by atoms with Crippen LogP contribution in [0.25, 0.3) is 0 Å². The van der Waals surface area contributed by atoms with Crippen LogP contribution < -0.4 is 10.8 Å². The molecular formula is C16H13FNO3-. The van der Waals surface area contributed by atoms with Crippen molar-refractivity contribution in [3.8, 4) is 0 Å². The molecule has 0 aliphatic heterocycles. The van der Waals surface area contributed by atoms with E-state index in [0.717, 1.165) is 17.7 Å². The first-order valence-electron chi connectivity index (χ1n) is 6.27. The first-order valence-corrected chi connectivity index (χ1v) is 6.27. The van der Waals surface area contributed by atoms with Crippen LogP contribution in [-0.4, -0.2) is 11.8 Å². The van der Waals surface area contributed by atoms with E-state index in [2.05, 4.69) is 0 Å². The Morgan fingerprint density at radius 2 is 1.81 bits per heavy atom. The molecule has 2 N–H and O–H groups in total. The molecule has 2 aromatic rings. The third kappa shape index (κ3) is 3.25. The van der Waals surface area contributed by atoms with E-state index in [1.807, 2.05) is 6.92 Å². The molecule has 2 rings (SSSR count). The molecule has 0 spiro atoms. The molecule has 0 unspecified atom stereocenters. The average Bonchev–Trinajstić information content (AvgIpc) is 2.42. The highest BCUT2D eigenvalue weighted by Gasteiger charge is 2.16. The quantitative estimate of drug-likeness (QED) is 0.677. The second kappa shape index (κ2) is 5.75. The Bertz CT molecular complexity index is 708. The summed E-state index contributed by atoms with van der Waals surface area (Å²) in [6.07, 6.45) is -0.544. The molecule has 21 heavy (non-hydrogen) atoms. The van der Waals surface area contributed by atoms with Gasteiger partial charge in [0.05, 0.1) is 0 Å². The minimum Gasteiger partial charge on any atom is -0.550 e. The van der Waals surface area contributed by atoms with Crippen LogP contribution in [0.5, 0.6) is 0 Å². The van der Waals surface area contributed by atoms with Gasteiger partial charge in [0.1, 0.15) is 5.82 Å². The van der Waals surface area contributed by atoms with Gasteiger partial charge in [-0.05, 0) is 24.6 Å². The van der Waals surface area contributed by atoms with Crippen LogP contribution in [0.3, 0.4) is 0 Å². The molecule has 0 radical (unpaired) electrons. The highest BCUT2D eigenvalue weighted by Crippen LogP contribution is 2.23. The number of hydrogen-bond donors (Lipinski definition) is 1. The Morgan fingerprint density at radius 3 is 2.38 bits per heavy atom. The zero-order chi connectivity index (χ0) is 15.6. The lowest BCUT2D eigenvalue weighted by Crippen LogP contribution is -2.25. The summed E-state index contributed by atoms with van der Waals surface area (Å²) in [5.74, 6) is -2.55. The third-order valence-corrected chi connectivity index (χ3v) is 3.12. The maximum atomic E-state index is 13.6. The van der Waals surface area contributed by atoms with Gasteiger partial charge in [-0.3, -0.25) is 4.79 Å². The maximum Gasteiger partial charge on any atom is 0.195 e. The second-order valence-corrected chi connectivity index (χ2v) is 4.77. The lowest BCUT2D eigenvalue weighted by Gasteiger charge is -2.12. The van der Waals surface area contributed by atoms with Crippen molar-refractivity contribution in [2.75, 3.05) is 5.73 Å². The van der Waals surface area contributed by atoms with E-state index in [1.54, 1.807) is 24.3 Å². The van der Waals surface area contributed by atoms with Crippen LogP contribution >= 0.6 is 0 Å². The SMILES string of the molecule is Cc1ccc(C(=O)c2cc(F)cc(CC(=O)[O-])c2N)cc1. The third-order valence-electron chi connectivity index (χ3n) is 3.12. The first-order chi connectivity index (χ1) is 9.88. The van der Waals surface area contributed by atoms with Gasteiger partial charge in [0.25, 0.3) is 0 Å². The highest BCUT2D eigenvalue weighted by atomic mass is 19.1. The number of carboxylic acid groups (broad SMARTS) is 1. The zero-order valence-electron chi connectivity index (χ0n) is 11.4. The Balaban J connectivity index is 2.47. The average molecular weight is 286 g/mol. The number of nitrogens with two attached hydrogens (primary N) is 1. The second-order valence-electron chi connectivity index (χ2n) is 4.77. The number of halogens is 1. The van der Waals surface area contributed by atoms with Gasteiger partial charge >= 0.3 is 0 Å². The largest absolute Gasteiger partial charge is 0.550 e. The summed E-state index contributed by atoms with van der Waals surface area (Å²) >= 11 is 0. The summed E-state index contributed by atoms with van der Waals surface area (Å²) in [5, 5.41) is 10.6. The number of carbonyl (C=O) groups is 2. The van der Waals surface area contributed by atoms with Crippen LogP contribution in [0, 0.1) is 12.7 Å². The lowest BCUT2D eigenvalue weighted by molar-refractivity contribution is -0.304. The summed E-state index contributed by atoms with van der Waals surface area (Å²) < 4.78 is 13.6. The Kier molecular flexibility index (Phi) is 4.03. The van der Waals surface area contributed by atoms with E-state index >= 15 is 0 Å². The molecule has 108 valence electrons. The van der Waals surface area contributed by atoms with Gasteiger partial charge in [0.15, 0.2) is 5.78 Å². The van der Waals surface area contributed by atoms with E-state index in [4.69, 9.17) is 5.73 Å². The van der Waals surface area contributed by atoms with Crippen molar-refractivity contribution in [2.45, 2.75) is 13.3 Å². The molecule has 0 aliphatic carbocycles. The smallest absolute Gasteiger partial charge is 0.195 e. The molecule has 0 saturated heterocycles. The number of aryl methyl sites for hydroxylation is 1. The van der Waals surface area contributed by atoms with E-state index in [-0.39, 0.29) is 16.8 Å². The monoisotopic (exact) mass is 286 g/mol. The molecule has 0 amide bonds. The number of benzene rings is 2. The number of hydrogen-bond acceptors (Lipinski definition) is 4. The molecule has 5 heteroatoms. The molecule has 0 atom stereocenters. The van der Waals surface area contributed by atoms with Crippen molar-refractivity contribution >= 4 is 17.4 Å². The zero-order valence-corrected chi connectivity index (χ0v) is 11.4. The lowest BCUT2D eigenvalue weighted by atomic mass is 9.97. The van der Waals surface area contributed by atoms with Crippen LogP contribution in [0.4, 0.5) is 10.1 Å². The van der Waals surface area contributed by atoms with Crippen molar-refractivity contribution in [1.29, 1.82) is 0 Å². The fourth-order valence-corrected chi connectivity index (χ4v) is 2.02. The molecule has 0 aromatic heterocycles. The van der Waals surface area contributed by atoms with E-state index in [0.29, 0.717) is 5.56 Å². The Labute approximate surface area is 121 Å². The van der Waals surface area contributed by atoms with Gasteiger partial charge in [0, 0.05) is 29.2 Å². The van der Waals surface area contributed by atoms with Gasteiger partial charge in [-0.25, -0.2) is 4.39 Å². The number of carbonyl (C=O) groups excluding carboxylic acids is 2. The summed E-state index contributed by atoms with van der Waals surface area (Å²) in [4.78, 5) is 23.0. The van der Waals surface area contributed by atoms with Crippen molar-refractivity contribution in [3.05, 3.63) is 64.5 Å². The molecule has 4 nitrogen and oxygen atoms in total. The molecule has 0 fully saturated rings. The van der Waals surface area contributed by atoms with Crippen molar-refractivity contribution in [3.63, 3.8) is 0 Å². The van der Waals surface area contributed by atoms with E-state index < -0.39 is 24.0 Å². The number of aliphatic carboxylic acids is 1. The number of anilines is 1. The molecule has 0 aliphatic rings. The van der Waals surface area contributed by atoms with Gasteiger partial charge in [-0.2, -0.15) is 0 Å². The fraction of sp³-hybridized carbons (Fsp3) is 0.125. The van der Waals surface area contributed by atoms with Gasteiger partial charge in [-0.15, -0.1) is 0 Å². The van der Waals surface area contributed by atoms with Crippen molar-refractivity contribution in [2.24, 2.45) is 0 Å². The van der Waals surface area contributed by atoms with Crippen LogP contribution in [-0.2, 0) is 11.2 Å². The number of nitrogen functional groups attached to an aromatic ring is 1. The highest BCUT2D eigenvalue weighted by molar-refractivity contribution is 6.12. The topological polar surface area (TPSA) is 83.2 Å². The Morgan fingerprint density at radius 1 is 1.19 bits per heavy atom. The van der Waals surface area contributed by atoms with Crippen molar-refractivity contribution in [1.82, 2.24) is 0 Å². The van der Waals surface area contributed by atoms with Crippen molar-refractivity contribution < 1.29 is 19.1 Å². The van der Waals surface area contributed by atoms with Gasteiger partial charge in [-0.1, -0.05) is 29.8 Å². The summed E-state index contributed by atoms with van der Waals surface area (Å²) in [7, 11) is 0. The van der Waals surface area contributed by atoms with Gasteiger partial charge < -0.3 is 15.6 Å². The summed E-state index contributed by atoms with van der Waals surface area (Å²) in [6.45, 7) is 1.88. The van der Waals surface area contributed by atoms with E-state index in [1.165, 1.54) is 0 Å². The first kappa shape index (κ1) is 14.7. The van der Waals surface area contributed by atoms with E-state index in [9.17, 15) is 19.1 Å². The minimum absolute atomic E-state index is 0.0328. The minimum atomic E-state index is -1.39. The predicted molar refractivity (Wildman–Crippen MR) is 74.1 cm³/mol. The molecule has 0 saturated carbocycles. The fourth-order valence-electron chi connectivity index (χ4n) is 2.02. The molecular weight excluding hydrogens is 273 g/mol. The van der Waals surface area contributed by atoms with Crippen LogP contribution in [0.15, 0.2) is 36.4 Å². The number of carboxylic acids is 1. The summed E-state index contributed by atoms with van der Waals surface area (Å²) in [6, 6.07) is 8.74. The molecule has 2 aromatic carbocycles. The van der Waals surface area contributed by atoms with Gasteiger partial charge in [0.2, 0.25) is 0 Å². The molecule has 0 bridgehead atoms. The molecule has 0 heterocycles. The predicted octanol–water partition coefficient (Wildman–Crippen LogP) is 1.24. The maximum absolute atomic E-state index is 13.6. The number of rotatable bonds is 4. The Hall–Kier alpha value is -2.69.